The van der Waals surface area contributed by atoms with Crippen LogP contribution in [0.15, 0.2) is 35.8 Å². The summed E-state index contributed by atoms with van der Waals surface area (Å²) in [7, 11) is 2.20. The van der Waals surface area contributed by atoms with Crippen LogP contribution in [0, 0.1) is 0 Å². The van der Waals surface area contributed by atoms with Gasteiger partial charge in [-0.05, 0) is 50.3 Å². The molecule has 1 fully saturated rings. The Morgan fingerprint density at radius 2 is 1.90 bits per heavy atom. The first-order valence-corrected chi connectivity index (χ1v) is 12.6. The smallest absolute Gasteiger partial charge is 0.274 e. The number of fused-ring (bicyclic) bond motifs is 2. The lowest BCUT2D eigenvalue weighted by molar-refractivity contribution is 0.0734. The Hall–Kier alpha value is -2.18. The molecule has 1 aliphatic carbocycles. The SMILES string of the molecule is CN(Cc1c(C(=O)N2CCCCCCC2)nc2sccn12)C1CCCc2ccccc21. The molecule has 1 atom stereocenters. The Morgan fingerprint density at radius 1 is 1.13 bits per heavy atom. The van der Waals surface area contributed by atoms with E-state index in [9.17, 15) is 4.79 Å². The Labute approximate surface area is 188 Å². The van der Waals surface area contributed by atoms with E-state index in [2.05, 4.69) is 52.2 Å². The molecule has 0 N–H and O–H groups in total. The lowest BCUT2D eigenvalue weighted by Gasteiger charge is -2.33. The number of aromatic nitrogens is 2. The second-order valence-electron chi connectivity index (χ2n) is 9.04. The Balaban J connectivity index is 1.43. The molecule has 164 valence electrons. The monoisotopic (exact) mass is 436 g/mol. The molecule has 2 aromatic heterocycles. The van der Waals surface area contributed by atoms with Gasteiger partial charge in [-0.25, -0.2) is 4.98 Å². The summed E-state index contributed by atoms with van der Waals surface area (Å²) in [4.78, 5) is 23.7. The summed E-state index contributed by atoms with van der Waals surface area (Å²) in [5, 5.41) is 2.06. The van der Waals surface area contributed by atoms with E-state index in [1.54, 1.807) is 11.3 Å². The maximum atomic E-state index is 13.5. The van der Waals surface area contributed by atoms with Gasteiger partial charge in [0.1, 0.15) is 0 Å². The van der Waals surface area contributed by atoms with Crippen molar-refractivity contribution < 1.29 is 4.79 Å². The lowest BCUT2D eigenvalue weighted by Crippen LogP contribution is -2.35. The number of hydrogen-bond donors (Lipinski definition) is 0. The minimum atomic E-state index is 0.116. The zero-order valence-corrected chi connectivity index (χ0v) is 19.2. The molecule has 0 saturated carbocycles. The lowest BCUT2D eigenvalue weighted by atomic mass is 9.87. The van der Waals surface area contributed by atoms with E-state index in [0.29, 0.717) is 11.7 Å². The summed E-state index contributed by atoms with van der Waals surface area (Å²) < 4.78 is 2.13. The zero-order chi connectivity index (χ0) is 21.2. The molecule has 1 saturated heterocycles. The summed E-state index contributed by atoms with van der Waals surface area (Å²) in [6, 6.07) is 9.23. The third kappa shape index (κ3) is 4.15. The predicted octanol–water partition coefficient (Wildman–Crippen LogP) is 5.31. The number of carbonyl (C=O) groups is 1. The molecule has 1 amide bonds. The Morgan fingerprint density at radius 3 is 2.74 bits per heavy atom. The van der Waals surface area contributed by atoms with Crippen LogP contribution in [0.5, 0.6) is 0 Å². The van der Waals surface area contributed by atoms with Crippen molar-refractivity contribution in [1.82, 2.24) is 19.2 Å². The van der Waals surface area contributed by atoms with Crippen molar-refractivity contribution in [2.24, 2.45) is 0 Å². The van der Waals surface area contributed by atoms with Crippen molar-refractivity contribution in [2.45, 2.75) is 64.0 Å². The van der Waals surface area contributed by atoms with Gasteiger partial charge in [-0.15, -0.1) is 11.3 Å². The molecule has 1 unspecified atom stereocenters. The molecular formula is C25H32N4OS. The fourth-order valence-electron chi connectivity index (χ4n) is 5.29. The van der Waals surface area contributed by atoms with Crippen molar-refractivity contribution in [3.8, 4) is 0 Å². The maximum absolute atomic E-state index is 13.5. The third-order valence-electron chi connectivity index (χ3n) is 6.98. The van der Waals surface area contributed by atoms with E-state index >= 15 is 0 Å². The number of carbonyl (C=O) groups excluding carboxylic acids is 1. The Kier molecular flexibility index (Phi) is 6.10. The fraction of sp³-hybridized carbons (Fsp3) is 0.520. The first kappa shape index (κ1) is 20.7. The van der Waals surface area contributed by atoms with Crippen molar-refractivity contribution in [1.29, 1.82) is 0 Å². The summed E-state index contributed by atoms with van der Waals surface area (Å²) in [6.07, 6.45) is 11.5. The average Bonchev–Trinajstić information content (AvgIpc) is 3.35. The summed E-state index contributed by atoms with van der Waals surface area (Å²) >= 11 is 1.61. The van der Waals surface area contributed by atoms with Gasteiger partial charge < -0.3 is 4.90 Å². The van der Waals surface area contributed by atoms with Crippen molar-refractivity contribution in [3.05, 3.63) is 58.4 Å². The quantitative estimate of drug-likeness (QED) is 0.556. The topological polar surface area (TPSA) is 40.9 Å². The first-order chi connectivity index (χ1) is 15.2. The molecule has 5 nitrogen and oxygen atoms in total. The minimum absolute atomic E-state index is 0.116. The molecule has 31 heavy (non-hydrogen) atoms. The highest BCUT2D eigenvalue weighted by Gasteiger charge is 2.29. The van der Waals surface area contributed by atoms with Gasteiger partial charge in [0.25, 0.3) is 5.91 Å². The Bertz CT molecular complexity index is 1050. The van der Waals surface area contributed by atoms with Crippen LogP contribution in [0.2, 0.25) is 0 Å². The number of aryl methyl sites for hydroxylation is 1. The first-order valence-electron chi connectivity index (χ1n) is 11.7. The van der Waals surface area contributed by atoms with E-state index in [1.165, 1.54) is 43.2 Å². The van der Waals surface area contributed by atoms with E-state index in [1.807, 2.05) is 4.90 Å². The minimum Gasteiger partial charge on any atom is -0.337 e. The van der Waals surface area contributed by atoms with Crippen LogP contribution in [0.3, 0.4) is 0 Å². The van der Waals surface area contributed by atoms with Gasteiger partial charge in [0, 0.05) is 37.3 Å². The van der Waals surface area contributed by atoms with Crippen molar-refractivity contribution in [2.75, 3.05) is 20.1 Å². The van der Waals surface area contributed by atoms with Gasteiger partial charge in [-0.3, -0.25) is 14.1 Å². The van der Waals surface area contributed by atoms with Crippen LogP contribution in [-0.4, -0.2) is 45.2 Å². The fourth-order valence-corrected chi connectivity index (χ4v) is 6.02. The van der Waals surface area contributed by atoms with Gasteiger partial charge in [-0.1, -0.05) is 43.5 Å². The molecule has 2 aliphatic rings. The van der Waals surface area contributed by atoms with Crippen LogP contribution in [0.1, 0.15) is 78.3 Å². The molecule has 3 aromatic rings. The van der Waals surface area contributed by atoms with Crippen LogP contribution in [0.25, 0.3) is 4.96 Å². The largest absolute Gasteiger partial charge is 0.337 e. The molecule has 1 aliphatic heterocycles. The standard InChI is InChI=1S/C25H32N4OS/c1-27(21-13-9-11-19-10-5-6-12-20(19)21)18-22-23(26-25-29(22)16-17-31-25)24(30)28-14-7-3-2-4-8-15-28/h5-6,10,12,16-17,21H,2-4,7-9,11,13-15,18H2,1H3. The molecule has 0 bridgehead atoms. The molecule has 0 spiro atoms. The highest BCUT2D eigenvalue weighted by molar-refractivity contribution is 7.15. The highest BCUT2D eigenvalue weighted by Crippen LogP contribution is 2.34. The molecule has 0 radical (unpaired) electrons. The van der Waals surface area contributed by atoms with Crippen LogP contribution in [0.4, 0.5) is 0 Å². The average molecular weight is 437 g/mol. The summed E-state index contributed by atoms with van der Waals surface area (Å²) in [5.74, 6) is 0.116. The van der Waals surface area contributed by atoms with Gasteiger partial charge in [-0.2, -0.15) is 0 Å². The number of benzene rings is 1. The van der Waals surface area contributed by atoms with E-state index in [-0.39, 0.29) is 5.91 Å². The van der Waals surface area contributed by atoms with Gasteiger partial charge in [0.2, 0.25) is 0 Å². The highest BCUT2D eigenvalue weighted by atomic mass is 32.1. The zero-order valence-electron chi connectivity index (χ0n) is 18.4. The second kappa shape index (κ2) is 9.13. The molecule has 3 heterocycles. The number of rotatable bonds is 4. The van der Waals surface area contributed by atoms with Gasteiger partial charge in [0.15, 0.2) is 10.7 Å². The normalized spacial score (nSPS) is 19.9. The number of hydrogen-bond acceptors (Lipinski definition) is 4. The van der Waals surface area contributed by atoms with Crippen molar-refractivity contribution in [3.63, 3.8) is 0 Å². The second-order valence-corrected chi connectivity index (χ2v) is 9.92. The van der Waals surface area contributed by atoms with E-state index < -0.39 is 0 Å². The van der Waals surface area contributed by atoms with Gasteiger partial charge in [0.05, 0.1) is 5.69 Å². The molecular weight excluding hydrogens is 404 g/mol. The predicted molar refractivity (Wildman–Crippen MR) is 126 cm³/mol. The van der Waals surface area contributed by atoms with Gasteiger partial charge >= 0.3 is 0 Å². The number of amides is 1. The van der Waals surface area contributed by atoms with Crippen LogP contribution < -0.4 is 0 Å². The third-order valence-corrected chi connectivity index (χ3v) is 7.73. The van der Waals surface area contributed by atoms with E-state index in [4.69, 9.17) is 4.98 Å². The maximum Gasteiger partial charge on any atom is 0.274 e. The molecule has 1 aromatic carbocycles. The number of thiazole rings is 1. The number of nitrogens with zero attached hydrogens (tertiary/aromatic N) is 4. The summed E-state index contributed by atoms with van der Waals surface area (Å²) in [5.41, 5.74) is 4.60. The molecule has 6 heteroatoms. The number of likely N-dealkylation sites (tertiary alicyclic amines) is 1. The van der Waals surface area contributed by atoms with Crippen LogP contribution >= 0.6 is 11.3 Å². The number of imidazole rings is 1. The molecule has 5 rings (SSSR count). The van der Waals surface area contributed by atoms with Crippen LogP contribution in [-0.2, 0) is 13.0 Å². The summed E-state index contributed by atoms with van der Waals surface area (Å²) in [6.45, 7) is 2.44. The van der Waals surface area contributed by atoms with E-state index in [0.717, 1.165) is 49.6 Å². The van der Waals surface area contributed by atoms with Crippen molar-refractivity contribution >= 4 is 22.2 Å².